The van der Waals surface area contributed by atoms with E-state index in [2.05, 4.69) is 15.5 Å². The second-order valence-electron chi connectivity index (χ2n) is 3.34. The Balaban J connectivity index is 2.55. The number of nitrogens with two attached hydrogens (primary N) is 1. The molecule has 0 spiro atoms. The van der Waals surface area contributed by atoms with E-state index >= 15 is 0 Å². The van der Waals surface area contributed by atoms with Crippen LogP contribution in [0.5, 0.6) is 0 Å². The molecule has 0 atom stereocenters. The van der Waals surface area contributed by atoms with Gasteiger partial charge in [-0.25, -0.2) is 0 Å². The van der Waals surface area contributed by atoms with Gasteiger partial charge in [0.05, 0.1) is 11.4 Å². The molecule has 2 rings (SSSR count). The first-order chi connectivity index (χ1) is 7.20. The van der Waals surface area contributed by atoms with Crippen LogP contribution in [0, 0.1) is 0 Å². The highest BCUT2D eigenvalue weighted by Gasteiger charge is 2.11. The highest BCUT2D eigenvalue weighted by atomic mass is 15.6. The van der Waals surface area contributed by atoms with Crippen LogP contribution in [-0.2, 0) is 0 Å². The third-order valence-electron chi connectivity index (χ3n) is 2.02. The summed E-state index contributed by atoms with van der Waals surface area (Å²) in [5.74, 6) is 0.646. The number of para-hydroxylation sites is 2. The summed E-state index contributed by atoms with van der Waals surface area (Å²) < 4.78 is 1.61. The zero-order valence-corrected chi connectivity index (χ0v) is 8.62. The van der Waals surface area contributed by atoms with Crippen molar-refractivity contribution in [2.24, 2.45) is 0 Å². The predicted molar refractivity (Wildman–Crippen MR) is 57.9 cm³/mol. The standard InChI is InChI=1S/C9H12N6/c1-14(2)9-11-12-13-15(9)8-6-4-3-5-7(8)10/h3-6H,10H2,1-2H3. The van der Waals surface area contributed by atoms with Gasteiger partial charge in [0.25, 0.3) is 0 Å². The molecule has 0 bridgehead atoms. The first-order valence-electron chi connectivity index (χ1n) is 4.50. The maximum absolute atomic E-state index is 5.85. The van der Waals surface area contributed by atoms with Crippen LogP contribution in [0.1, 0.15) is 0 Å². The Labute approximate surface area is 87.3 Å². The molecule has 0 radical (unpaired) electrons. The van der Waals surface area contributed by atoms with Crippen LogP contribution in [0.4, 0.5) is 11.6 Å². The summed E-state index contributed by atoms with van der Waals surface area (Å²) in [4.78, 5) is 1.83. The van der Waals surface area contributed by atoms with Gasteiger partial charge in [-0.2, -0.15) is 4.68 Å². The second kappa shape index (κ2) is 3.56. The number of aromatic nitrogens is 4. The monoisotopic (exact) mass is 204 g/mol. The molecule has 1 heterocycles. The Kier molecular flexibility index (Phi) is 2.24. The minimum absolute atomic E-state index is 0.646. The molecule has 0 aliphatic heterocycles. The Bertz CT molecular complexity index is 461. The van der Waals surface area contributed by atoms with Gasteiger partial charge in [-0.05, 0) is 22.6 Å². The normalized spacial score (nSPS) is 10.3. The number of rotatable bonds is 2. The molecule has 6 nitrogen and oxygen atoms in total. The predicted octanol–water partition coefficient (Wildman–Crippen LogP) is 0.310. The van der Waals surface area contributed by atoms with Crippen molar-refractivity contribution in [3.63, 3.8) is 0 Å². The van der Waals surface area contributed by atoms with Crippen molar-refractivity contribution >= 4 is 11.6 Å². The van der Waals surface area contributed by atoms with Gasteiger partial charge >= 0.3 is 0 Å². The van der Waals surface area contributed by atoms with Crippen molar-refractivity contribution < 1.29 is 0 Å². The van der Waals surface area contributed by atoms with Crippen molar-refractivity contribution in [3.8, 4) is 5.69 Å². The van der Waals surface area contributed by atoms with Crippen LogP contribution in [0.15, 0.2) is 24.3 Å². The van der Waals surface area contributed by atoms with Crippen molar-refractivity contribution in [1.82, 2.24) is 20.2 Å². The summed E-state index contributed by atoms with van der Waals surface area (Å²) in [5.41, 5.74) is 7.28. The van der Waals surface area contributed by atoms with E-state index in [0.717, 1.165) is 5.69 Å². The quantitative estimate of drug-likeness (QED) is 0.713. The van der Waals surface area contributed by atoms with Crippen LogP contribution < -0.4 is 10.6 Å². The molecule has 0 saturated carbocycles. The number of hydrogen-bond donors (Lipinski definition) is 1. The summed E-state index contributed by atoms with van der Waals surface area (Å²) in [5, 5.41) is 11.4. The summed E-state index contributed by atoms with van der Waals surface area (Å²) in [6.07, 6.45) is 0. The van der Waals surface area contributed by atoms with Crippen molar-refractivity contribution in [2.45, 2.75) is 0 Å². The molecule has 0 fully saturated rings. The van der Waals surface area contributed by atoms with Gasteiger partial charge in [0, 0.05) is 14.1 Å². The number of anilines is 2. The SMILES string of the molecule is CN(C)c1nnnn1-c1ccccc1N. The molecular formula is C9H12N6. The van der Waals surface area contributed by atoms with Crippen molar-refractivity contribution in [3.05, 3.63) is 24.3 Å². The fraction of sp³-hybridized carbons (Fsp3) is 0.222. The first-order valence-corrected chi connectivity index (χ1v) is 4.50. The summed E-state index contributed by atoms with van der Waals surface area (Å²) in [6, 6.07) is 7.46. The van der Waals surface area contributed by atoms with E-state index in [-0.39, 0.29) is 0 Å². The Hall–Kier alpha value is -2.11. The molecule has 6 heteroatoms. The molecule has 0 saturated heterocycles. The van der Waals surface area contributed by atoms with Gasteiger partial charge in [0.2, 0.25) is 5.95 Å². The van der Waals surface area contributed by atoms with Crippen LogP contribution in [0.2, 0.25) is 0 Å². The Morgan fingerprint density at radius 1 is 1.27 bits per heavy atom. The van der Waals surface area contributed by atoms with Gasteiger partial charge in [0.1, 0.15) is 0 Å². The number of tetrazole rings is 1. The lowest BCUT2D eigenvalue weighted by Crippen LogP contribution is -2.15. The fourth-order valence-electron chi connectivity index (χ4n) is 1.30. The van der Waals surface area contributed by atoms with Crippen molar-refractivity contribution in [1.29, 1.82) is 0 Å². The van der Waals surface area contributed by atoms with Crippen LogP contribution in [0.25, 0.3) is 5.69 Å². The molecule has 78 valence electrons. The van der Waals surface area contributed by atoms with Crippen LogP contribution in [0.3, 0.4) is 0 Å². The van der Waals surface area contributed by atoms with E-state index in [1.54, 1.807) is 4.68 Å². The second-order valence-corrected chi connectivity index (χ2v) is 3.34. The van der Waals surface area contributed by atoms with Gasteiger partial charge in [0.15, 0.2) is 0 Å². The van der Waals surface area contributed by atoms with Gasteiger partial charge < -0.3 is 10.6 Å². The van der Waals surface area contributed by atoms with Gasteiger partial charge in [-0.3, -0.25) is 0 Å². The number of hydrogen-bond acceptors (Lipinski definition) is 5. The minimum atomic E-state index is 0.646. The number of nitrogens with zero attached hydrogens (tertiary/aromatic N) is 5. The lowest BCUT2D eigenvalue weighted by molar-refractivity contribution is 0.786. The molecule has 1 aromatic heterocycles. The summed E-state index contributed by atoms with van der Waals surface area (Å²) >= 11 is 0. The molecule has 15 heavy (non-hydrogen) atoms. The van der Waals surface area contributed by atoms with E-state index in [1.165, 1.54) is 0 Å². The van der Waals surface area contributed by atoms with Gasteiger partial charge in [-0.15, -0.1) is 0 Å². The van der Waals surface area contributed by atoms with Crippen LogP contribution >= 0.6 is 0 Å². The smallest absolute Gasteiger partial charge is 0.249 e. The molecule has 1 aromatic carbocycles. The van der Waals surface area contributed by atoms with E-state index in [0.29, 0.717) is 11.6 Å². The zero-order chi connectivity index (χ0) is 10.8. The molecular weight excluding hydrogens is 192 g/mol. The minimum Gasteiger partial charge on any atom is -0.397 e. The highest BCUT2D eigenvalue weighted by molar-refractivity contribution is 5.59. The lowest BCUT2D eigenvalue weighted by atomic mass is 10.3. The number of benzene rings is 1. The maximum atomic E-state index is 5.85. The van der Waals surface area contributed by atoms with Crippen molar-refractivity contribution in [2.75, 3.05) is 24.7 Å². The highest BCUT2D eigenvalue weighted by Crippen LogP contribution is 2.18. The topological polar surface area (TPSA) is 72.9 Å². The maximum Gasteiger partial charge on any atom is 0.249 e. The molecule has 0 aliphatic rings. The Morgan fingerprint density at radius 2 is 2.00 bits per heavy atom. The molecule has 2 N–H and O–H groups in total. The molecule has 0 unspecified atom stereocenters. The third-order valence-corrected chi connectivity index (χ3v) is 2.02. The largest absolute Gasteiger partial charge is 0.397 e. The van der Waals surface area contributed by atoms with E-state index in [4.69, 9.17) is 5.73 Å². The molecule has 0 aliphatic carbocycles. The Morgan fingerprint density at radius 3 is 2.67 bits per heavy atom. The molecule has 2 aromatic rings. The van der Waals surface area contributed by atoms with Gasteiger partial charge in [-0.1, -0.05) is 17.2 Å². The summed E-state index contributed by atoms with van der Waals surface area (Å²) in [7, 11) is 3.75. The van der Waals surface area contributed by atoms with E-state index < -0.39 is 0 Å². The van der Waals surface area contributed by atoms with Crippen LogP contribution in [-0.4, -0.2) is 34.3 Å². The lowest BCUT2D eigenvalue weighted by Gasteiger charge is -2.12. The average Bonchev–Trinajstić information content (AvgIpc) is 2.67. The zero-order valence-electron chi connectivity index (χ0n) is 8.62. The average molecular weight is 204 g/mol. The summed E-state index contributed by atoms with van der Waals surface area (Å²) in [6.45, 7) is 0. The fourth-order valence-corrected chi connectivity index (χ4v) is 1.30. The first kappa shape index (κ1) is 9.45. The van der Waals surface area contributed by atoms with E-state index in [1.807, 2.05) is 43.3 Å². The molecule has 0 amide bonds. The third kappa shape index (κ3) is 1.61. The number of nitrogen functional groups attached to an aromatic ring is 1. The van der Waals surface area contributed by atoms with E-state index in [9.17, 15) is 0 Å².